The number of nitrogens with zero attached hydrogens (tertiary/aromatic N) is 1. The summed E-state index contributed by atoms with van der Waals surface area (Å²) >= 11 is 0. The first-order chi connectivity index (χ1) is 9.11. The highest BCUT2D eigenvalue weighted by Gasteiger charge is 2.28. The normalized spacial score (nSPS) is 25.1. The Labute approximate surface area is 115 Å². The molecule has 106 valence electrons. The number of hydrogen-bond donors (Lipinski definition) is 1. The molecule has 1 aliphatic carbocycles. The highest BCUT2D eigenvalue weighted by Crippen LogP contribution is 2.33. The number of rotatable bonds is 4. The van der Waals surface area contributed by atoms with Crippen LogP contribution < -0.4 is 10.6 Å². The van der Waals surface area contributed by atoms with E-state index in [0.29, 0.717) is 18.5 Å². The van der Waals surface area contributed by atoms with E-state index in [1.165, 1.54) is 31.7 Å². The summed E-state index contributed by atoms with van der Waals surface area (Å²) < 4.78 is 13.3. The summed E-state index contributed by atoms with van der Waals surface area (Å²) in [5, 5.41) is 0. The van der Waals surface area contributed by atoms with Crippen LogP contribution in [0.1, 0.15) is 32.6 Å². The average Bonchev–Trinajstić information content (AvgIpc) is 2.39. The average molecular weight is 264 g/mol. The zero-order valence-corrected chi connectivity index (χ0v) is 12.0. The molecular weight excluding hydrogens is 239 g/mol. The zero-order valence-electron chi connectivity index (χ0n) is 12.0. The molecule has 0 bridgehead atoms. The lowest BCUT2D eigenvalue weighted by Crippen LogP contribution is -2.45. The summed E-state index contributed by atoms with van der Waals surface area (Å²) in [7, 11) is 2.03. The van der Waals surface area contributed by atoms with Gasteiger partial charge in [-0.25, -0.2) is 4.39 Å². The Balaban J connectivity index is 2.12. The molecule has 3 unspecified atom stereocenters. The van der Waals surface area contributed by atoms with Crippen LogP contribution in [0, 0.1) is 17.7 Å². The number of likely N-dealkylation sites (N-methyl/N-ethyl adjacent to an activating group) is 1. The van der Waals surface area contributed by atoms with Crippen LogP contribution in [0.15, 0.2) is 24.3 Å². The molecule has 1 saturated carbocycles. The number of benzene rings is 1. The van der Waals surface area contributed by atoms with E-state index in [-0.39, 0.29) is 5.82 Å². The molecule has 19 heavy (non-hydrogen) atoms. The summed E-state index contributed by atoms with van der Waals surface area (Å²) in [5.41, 5.74) is 6.91. The van der Waals surface area contributed by atoms with Gasteiger partial charge in [-0.2, -0.15) is 0 Å². The monoisotopic (exact) mass is 264 g/mol. The molecule has 0 spiro atoms. The van der Waals surface area contributed by atoms with Crippen molar-refractivity contribution < 1.29 is 4.39 Å². The van der Waals surface area contributed by atoms with E-state index in [4.69, 9.17) is 5.73 Å². The van der Waals surface area contributed by atoms with Crippen molar-refractivity contribution in [3.63, 3.8) is 0 Å². The predicted octanol–water partition coefficient (Wildman–Crippen LogP) is 3.42. The van der Waals surface area contributed by atoms with Gasteiger partial charge in [0.05, 0.1) is 0 Å². The SMILES string of the molecule is CC1CCCC(C(CN)N(C)c2cccc(F)c2)C1. The third-order valence-corrected chi connectivity index (χ3v) is 4.48. The highest BCUT2D eigenvalue weighted by molar-refractivity contribution is 5.47. The summed E-state index contributed by atoms with van der Waals surface area (Å²) in [6, 6.07) is 7.10. The van der Waals surface area contributed by atoms with Crippen molar-refractivity contribution in [2.45, 2.75) is 38.6 Å². The molecule has 0 heterocycles. The van der Waals surface area contributed by atoms with E-state index in [9.17, 15) is 4.39 Å². The molecule has 0 radical (unpaired) electrons. The first kappa shape index (κ1) is 14.3. The Morgan fingerprint density at radius 2 is 2.21 bits per heavy atom. The van der Waals surface area contributed by atoms with Crippen molar-refractivity contribution >= 4 is 5.69 Å². The van der Waals surface area contributed by atoms with Crippen LogP contribution in [0.2, 0.25) is 0 Å². The molecule has 0 amide bonds. The van der Waals surface area contributed by atoms with Gasteiger partial charge in [-0.15, -0.1) is 0 Å². The summed E-state index contributed by atoms with van der Waals surface area (Å²) in [4.78, 5) is 2.16. The lowest BCUT2D eigenvalue weighted by molar-refractivity contribution is 0.245. The maximum atomic E-state index is 13.3. The number of nitrogens with two attached hydrogens (primary N) is 1. The molecule has 0 aromatic heterocycles. The molecular formula is C16H25FN2. The largest absolute Gasteiger partial charge is 0.370 e. The molecule has 1 aromatic rings. The molecule has 1 aromatic carbocycles. The Bertz CT molecular complexity index is 407. The van der Waals surface area contributed by atoms with Crippen LogP contribution in [-0.2, 0) is 0 Å². The van der Waals surface area contributed by atoms with Crippen LogP contribution in [0.25, 0.3) is 0 Å². The van der Waals surface area contributed by atoms with Crippen molar-refractivity contribution in [3.05, 3.63) is 30.1 Å². The fraction of sp³-hybridized carbons (Fsp3) is 0.625. The molecule has 1 aliphatic rings. The second-order valence-corrected chi connectivity index (χ2v) is 5.93. The van der Waals surface area contributed by atoms with Crippen LogP contribution in [0.4, 0.5) is 10.1 Å². The second kappa shape index (κ2) is 6.38. The molecule has 2 N–H and O–H groups in total. The Kier molecular flexibility index (Phi) is 4.81. The first-order valence-corrected chi connectivity index (χ1v) is 7.30. The molecule has 3 heteroatoms. The van der Waals surface area contributed by atoms with Gasteiger partial charge >= 0.3 is 0 Å². The van der Waals surface area contributed by atoms with Crippen LogP contribution in [0.5, 0.6) is 0 Å². The summed E-state index contributed by atoms with van der Waals surface area (Å²) in [6.07, 6.45) is 5.10. The van der Waals surface area contributed by atoms with Gasteiger partial charge < -0.3 is 10.6 Å². The van der Waals surface area contributed by atoms with Crippen molar-refractivity contribution in [2.24, 2.45) is 17.6 Å². The van der Waals surface area contributed by atoms with Crippen LogP contribution in [0.3, 0.4) is 0 Å². The van der Waals surface area contributed by atoms with Crippen molar-refractivity contribution in [3.8, 4) is 0 Å². The van der Waals surface area contributed by atoms with Gasteiger partial charge in [-0.3, -0.25) is 0 Å². The van der Waals surface area contributed by atoms with Gasteiger partial charge in [-0.05, 0) is 42.9 Å². The van der Waals surface area contributed by atoms with Crippen molar-refractivity contribution in [2.75, 3.05) is 18.5 Å². The maximum absolute atomic E-state index is 13.3. The maximum Gasteiger partial charge on any atom is 0.125 e. The molecule has 0 saturated heterocycles. The molecule has 2 rings (SSSR count). The minimum absolute atomic E-state index is 0.183. The lowest BCUT2D eigenvalue weighted by atomic mass is 9.78. The smallest absolute Gasteiger partial charge is 0.125 e. The Morgan fingerprint density at radius 1 is 1.42 bits per heavy atom. The van der Waals surface area contributed by atoms with E-state index < -0.39 is 0 Å². The van der Waals surface area contributed by atoms with E-state index in [1.807, 2.05) is 13.1 Å². The summed E-state index contributed by atoms with van der Waals surface area (Å²) in [6.45, 7) is 2.95. The number of hydrogen-bond acceptors (Lipinski definition) is 2. The van der Waals surface area contributed by atoms with E-state index in [1.54, 1.807) is 12.1 Å². The minimum Gasteiger partial charge on any atom is -0.370 e. The molecule has 3 atom stereocenters. The molecule has 2 nitrogen and oxygen atoms in total. The quantitative estimate of drug-likeness (QED) is 0.903. The lowest BCUT2D eigenvalue weighted by Gasteiger charge is -2.39. The van der Waals surface area contributed by atoms with Crippen LogP contribution >= 0.6 is 0 Å². The zero-order chi connectivity index (χ0) is 13.8. The van der Waals surface area contributed by atoms with Gasteiger partial charge in [0.25, 0.3) is 0 Å². The summed E-state index contributed by atoms with van der Waals surface area (Å²) in [5.74, 6) is 1.23. The van der Waals surface area contributed by atoms with Crippen molar-refractivity contribution in [1.82, 2.24) is 0 Å². The van der Waals surface area contributed by atoms with E-state index in [2.05, 4.69) is 11.8 Å². The third kappa shape index (κ3) is 3.47. The third-order valence-electron chi connectivity index (χ3n) is 4.48. The van der Waals surface area contributed by atoms with E-state index >= 15 is 0 Å². The molecule has 0 aliphatic heterocycles. The Morgan fingerprint density at radius 3 is 2.84 bits per heavy atom. The standard InChI is InChI=1S/C16H25FN2/c1-12-5-3-6-13(9-12)16(11-18)19(2)15-8-4-7-14(17)10-15/h4,7-8,10,12-13,16H,3,5-6,9,11,18H2,1-2H3. The first-order valence-electron chi connectivity index (χ1n) is 7.30. The highest BCUT2D eigenvalue weighted by atomic mass is 19.1. The van der Waals surface area contributed by atoms with Gasteiger partial charge in [-0.1, -0.05) is 25.8 Å². The fourth-order valence-corrected chi connectivity index (χ4v) is 3.38. The predicted molar refractivity (Wildman–Crippen MR) is 78.8 cm³/mol. The van der Waals surface area contributed by atoms with Gasteiger partial charge in [0.1, 0.15) is 5.82 Å². The molecule has 1 fully saturated rings. The van der Waals surface area contributed by atoms with Gasteiger partial charge in [0, 0.05) is 25.3 Å². The number of halogens is 1. The van der Waals surface area contributed by atoms with Gasteiger partial charge in [0.2, 0.25) is 0 Å². The minimum atomic E-state index is -0.183. The van der Waals surface area contributed by atoms with Crippen molar-refractivity contribution in [1.29, 1.82) is 0 Å². The van der Waals surface area contributed by atoms with Gasteiger partial charge in [0.15, 0.2) is 0 Å². The fourth-order valence-electron chi connectivity index (χ4n) is 3.38. The second-order valence-electron chi connectivity index (χ2n) is 5.93. The van der Waals surface area contributed by atoms with Crippen LogP contribution in [-0.4, -0.2) is 19.6 Å². The topological polar surface area (TPSA) is 29.3 Å². The number of anilines is 1. The Hall–Kier alpha value is -1.09. The van der Waals surface area contributed by atoms with E-state index in [0.717, 1.165) is 11.6 Å².